The Balaban J connectivity index is 1.54. The first-order chi connectivity index (χ1) is 16.0. The van der Waals surface area contributed by atoms with Crippen molar-refractivity contribution in [1.29, 1.82) is 0 Å². The SMILES string of the molecule is CCN1CCN(C(=O)C2CCC(=O)NC(=O)N2)C(Cc2ccc(-c3ccccc3)cc2)C1=O. The zero-order chi connectivity index (χ0) is 23.4. The maximum Gasteiger partial charge on any atom is 0.322 e. The Labute approximate surface area is 192 Å². The van der Waals surface area contributed by atoms with Crippen molar-refractivity contribution in [3.8, 4) is 11.1 Å². The van der Waals surface area contributed by atoms with Crippen LogP contribution in [-0.4, -0.2) is 65.3 Å². The number of likely N-dealkylation sites (N-methyl/N-ethyl adjacent to an activating group) is 1. The minimum Gasteiger partial charge on any atom is -0.339 e. The van der Waals surface area contributed by atoms with Crippen molar-refractivity contribution in [3.05, 3.63) is 60.2 Å². The summed E-state index contributed by atoms with van der Waals surface area (Å²) in [5, 5.41) is 4.76. The highest BCUT2D eigenvalue weighted by Gasteiger charge is 2.40. The molecule has 0 saturated carbocycles. The van der Waals surface area contributed by atoms with Crippen LogP contribution in [-0.2, 0) is 20.8 Å². The number of hydrogen-bond donors (Lipinski definition) is 2. The van der Waals surface area contributed by atoms with Crippen molar-refractivity contribution in [2.75, 3.05) is 19.6 Å². The van der Waals surface area contributed by atoms with Gasteiger partial charge in [0, 0.05) is 32.5 Å². The minimum atomic E-state index is -0.833. The van der Waals surface area contributed by atoms with Gasteiger partial charge in [-0.1, -0.05) is 54.6 Å². The van der Waals surface area contributed by atoms with Crippen LogP contribution in [0.5, 0.6) is 0 Å². The number of amides is 5. The Morgan fingerprint density at radius 2 is 1.67 bits per heavy atom. The molecule has 5 amide bonds. The van der Waals surface area contributed by atoms with Crippen LogP contribution < -0.4 is 10.6 Å². The number of carbonyl (C=O) groups excluding carboxylic acids is 4. The molecule has 2 heterocycles. The molecule has 2 unspecified atom stereocenters. The molecule has 0 aromatic heterocycles. The van der Waals surface area contributed by atoms with Gasteiger partial charge in [0.1, 0.15) is 12.1 Å². The molecule has 2 aliphatic rings. The van der Waals surface area contributed by atoms with E-state index in [0.29, 0.717) is 26.1 Å². The van der Waals surface area contributed by atoms with Gasteiger partial charge in [-0.2, -0.15) is 0 Å². The predicted molar refractivity (Wildman–Crippen MR) is 123 cm³/mol. The van der Waals surface area contributed by atoms with Crippen LogP contribution in [0.3, 0.4) is 0 Å². The van der Waals surface area contributed by atoms with E-state index < -0.39 is 24.0 Å². The van der Waals surface area contributed by atoms with Gasteiger partial charge < -0.3 is 15.1 Å². The van der Waals surface area contributed by atoms with Crippen molar-refractivity contribution in [2.24, 2.45) is 0 Å². The third kappa shape index (κ3) is 5.05. The summed E-state index contributed by atoms with van der Waals surface area (Å²) in [7, 11) is 0. The van der Waals surface area contributed by atoms with E-state index in [0.717, 1.165) is 16.7 Å². The van der Waals surface area contributed by atoms with Crippen LogP contribution in [0.25, 0.3) is 11.1 Å². The highest BCUT2D eigenvalue weighted by molar-refractivity contribution is 5.99. The van der Waals surface area contributed by atoms with Gasteiger partial charge in [-0.25, -0.2) is 4.79 Å². The average molecular weight is 449 g/mol. The van der Waals surface area contributed by atoms with Gasteiger partial charge in [0.2, 0.25) is 17.7 Å². The van der Waals surface area contributed by atoms with Crippen LogP contribution >= 0.6 is 0 Å². The number of urea groups is 1. The summed E-state index contributed by atoms with van der Waals surface area (Å²) in [6, 6.07) is 15.9. The Bertz CT molecular complexity index is 1040. The third-order valence-corrected chi connectivity index (χ3v) is 6.26. The van der Waals surface area contributed by atoms with Crippen LogP contribution in [0.2, 0.25) is 0 Å². The van der Waals surface area contributed by atoms with Crippen molar-refractivity contribution < 1.29 is 19.2 Å². The van der Waals surface area contributed by atoms with E-state index in [1.807, 2.05) is 61.5 Å². The summed E-state index contributed by atoms with van der Waals surface area (Å²) in [5.41, 5.74) is 3.14. The summed E-state index contributed by atoms with van der Waals surface area (Å²) >= 11 is 0. The van der Waals surface area contributed by atoms with Gasteiger partial charge in [-0.15, -0.1) is 0 Å². The molecule has 2 aromatic carbocycles. The van der Waals surface area contributed by atoms with Crippen LogP contribution in [0.1, 0.15) is 25.3 Å². The molecule has 4 rings (SSSR count). The number of piperazine rings is 1. The number of benzene rings is 2. The molecular weight excluding hydrogens is 420 g/mol. The maximum absolute atomic E-state index is 13.3. The van der Waals surface area contributed by atoms with E-state index in [1.165, 1.54) is 0 Å². The highest BCUT2D eigenvalue weighted by Crippen LogP contribution is 2.23. The normalized spacial score (nSPS) is 21.3. The topological polar surface area (TPSA) is 98.8 Å². The lowest BCUT2D eigenvalue weighted by atomic mass is 9.97. The Morgan fingerprint density at radius 3 is 2.36 bits per heavy atom. The molecule has 0 radical (unpaired) electrons. The molecule has 33 heavy (non-hydrogen) atoms. The largest absolute Gasteiger partial charge is 0.339 e. The van der Waals surface area contributed by atoms with E-state index in [2.05, 4.69) is 10.6 Å². The van der Waals surface area contributed by atoms with Crippen molar-refractivity contribution in [3.63, 3.8) is 0 Å². The summed E-state index contributed by atoms with van der Waals surface area (Å²) in [5.74, 6) is -0.835. The van der Waals surface area contributed by atoms with Crippen LogP contribution in [0.15, 0.2) is 54.6 Å². The molecule has 0 aliphatic carbocycles. The molecule has 0 bridgehead atoms. The van der Waals surface area contributed by atoms with E-state index in [9.17, 15) is 19.2 Å². The van der Waals surface area contributed by atoms with E-state index in [-0.39, 0.29) is 24.7 Å². The number of imide groups is 1. The molecule has 2 fully saturated rings. The molecule has 8 nitrogen and oxygen atoms in total. The number of nitrogens with zero attached hydrogens (tertiary/aromatic N) is 2. The maximum atomic E-state index is 13.3. The Hall–Kier alpha value is -3.68. The first kappa shape index (κ1) is 22.5. The quantitative estimate of drug-likeness (QED) is 0.730. The minimum absolute atomic E-state index is 0.0730. The van der Waals surface area contributed by atoms with Gasteiger partial charge in [0.25, 0.3) is 0 Å². The number of nitrogens with one attached hydrogen (secondary N) is 2. The van der Waals surface area contributed by atoms with Gasteiger partial charge in [-0.05, 0) is 30.0 Å². The lowest BCUT2D eigenvalue weighted by Gasteiger charge is -2.41. The molecule has 2 saturated heterocycles. The predicted octanol–water partition coefficient (Wildman–Crippen LogP) is 1.94. The van der Waals surface area contributed by atoms with E-state index >= 15 is 0 Å². The summed E-state index contributed by atoms with van der Waals surface area (Å²) < 4.78 is 0. The smallest absolute Gasteiger partial charge is 0.322 e. The lowest BCUT2D eigenvalue weighted by Crippen LogP contribution is -2.62. The number of carbonyl (C=O) groups is 4. The second kappa shape index (κ2) is 9.85. The zero-order valence-electron chi connectivity index (χ0n) is 18.6. The molecule has 2 aliphatic heterocycles. The number of hydrogen-bond acceptors (Lipinski definition) is 4. The van der Waals surface area contributed by atoms with Gasteiger partial charge >= 0.3 is 6.03 Å². The molecule has 2 aromatic rings. The van der Waals surface area contributed by atoms with Gasteiger partial charge in [0.15, 0.2) is 0 Å². The standard InChI is InChI=1S/C25H28N4O4/c1-2-28-14-15-29(23(31)20-12-13-22(30)27-25(33)26-20)21(24(28)32)16-17-8-10-19(11-9-17)18-6-4-3-5-7-18/h3-11,20-21H,2,12-16H2,1H3,(H2,26,27,30,33). The first-order valence-electron chi connectivity index (χ1n) is 11.3. The summed E-state index contributed by atoms with van der Waals surface area (Å²) in [6.07, 6.45) is 0.661. The molecule has 172 valence electrons. The molecule has 0 spiro atoms. The van der Waals surface area contributed by atoms with Crippen LogP contribution in [0.4, 0.5) is 4.79 Å². The number of rotatable bonds is 5. The average Bonchev–Trinajstić information content (AvgIpc) is 3.00. The van der Waals surface area contributed by atoms with Crippen molar-refractivity contribution in [2.45, 2.75) is 38.3 Å². The highest BCUT2D eigenvalue weighted by atomic mass is 16.2. The molecule has 2 N–H and O–H groups in total. The summed E-state index contributed by atoms with van der Waals surface area (Å²) in [6.45, 7) is 3.33. The Morgan fingerprint density at radius 1 is 0.970 bits per heavy atom. The second-order valence-electron chi connectivity index (χ2n) is 8.35. The summed E-state index contributed by atoms with van der Waals surface area (Å²) in [4.78, 5) is 53.4. The first-order valence-corrected chi connectivity index (χ1v) is 11.3. The molecule has 2 atom stereocenters. The fraction of sp³-hybridized carbons (Fsp3) is 0.360. The Kier molecular flexibility index (Phi) is 6.72. The van der Waals surface area contributed by atoms with E-state index in [1.54, 1.807) is 9.80 Å². The van der Waals surface area contributed by atoms with Gasteiger partial charge in [-0.3, -0.25) is 19.7 Å². The van der Waals surface area contributed by atoms with Crippen molar-refractivity contribution in [1.82, 2.24) is 20.4 Å². The van der Waals surface area contributed by atoms with Crippen molar-refractivity contribution >= 4 is 23.8 Å². The molecular formula is C25H28N4O4. The fourth-order valence-electron chi connectivity index (χ4n) is 4.42. The van der Waals surface area contributed by atoms with Gasteiger partial charge in [0.05, 0.1) is 0 Å². The van der Waals surface area contributed by atoms with Crippen LogP contribution in [0, 0.1) is 0 Å². The fourth-order valence-corrected chi connectivity index (χ4v) is 4.42. The molecule has 8 heteroatoms. The van der Waals surface area contributed by atoms with E-state index in [4.69, 9.17) is 0 Å². The zero-order valence-corrected chi connectivity index (χ0v) is 18.6. The third-order valence-electron chi connectivity index (χ3n) is 6.26. The second-order valence-corrected chi connectivity index (χ2v) is 8.35. The monoisotopic (exact) mass is 448 g/mol. The lowest BCUT2D eigenvalue weighted by molar-refractivity contribution is -0.152.